The van der Waals surface area contributed by atoms with E-state index in [1.807, 2.05) is 11.3 Å². The molecule has 3 heterocycles. The van der Waals surface area contributed by atoms with E-state index in [0.717, 1.165) is 28.4 Å². The van der Waals surface area contributed by atoms with Crippen molar-refractivity contribution in [2.45, 2.75) is 131 Å². The Morgan fingerprint density at radius 3 is 1.22 bits per heavy atom. The first-order valence-electron chi connectivity index (χ1n) is 26.0. The van der Waals surface area contributed by atoms with Crippen LogP contribution in [0, 0.1) is 0 Å². The van der Waals surface area contributed by atoms with Gasteiger partial charge in [-0.3, -0.25) is 0 Å². The van der Waals surface area contributed by atoms with E-state index in [0.29, 0.717) is 0 Å². The topological polar surface area (TPSA) is 10.9 Å². The number of fused-ring (bicyclic) bond motifs is 9. The van der Waals surface area contributed by atoms with E-state index >= 15 is 0 Å². The summed E-state index contributed by atoms with van der Waals surface area (Å²) in [5, 5.41) is 7.61. The molecule has 3 nitrogen and oxygen atoms in total. The summed E-state index contributed by atoms with van der Waals surface area (Å²) in [6.45, 7) is 34.5. The van der Waals surface area contributed by atoms with E-state index in [9.17, 15) is 0 Å². The molecule has 0 bridgehead atoms. The van der Waals surface area contributed by atoms with Gasteiger partial charge in [0.1, 0.15) is 0 Å². The summed E-state index contributed by atoms with van der Waals surface area (Å²) in [6.07, 6.45) is 0. The number of hydrogen-bond acceptors (Lipinski definition) is 3. The van der Waals surface area contributed by atoms with E-state index in [-0.39, 0.29) is 27.1 Å². The van der Waals surface area contributed by atoms with E-state index < -0.39 is 0 Å². The van der Waals surface area contributed by atoms with E-state index in [1.54, 1.807) is 0 Å². The number of nitrogens with zero attached hydrogens (tertiary/aromatic N) is 3. The maximum Gasteiger partial charge on any atom is 0.0729 e. The summed E-state index contributed by atoms with van der Waals surface area (Å²) >= 11 is 1.94. The molecule has 8 aromatic carbocycles. The number of aromatic nitrogens is 1. The van der Waals surface area contributed by atoms with Crippen LogP contribution in [0.1, 0.15) is 132 Å². The molecule has 0 fully saturated rings. The van der Waals surface area contributed by atoms with Gasteiger partial charge in [-0.2, -0.15) is 0 Å². The summed E-state index contributed by atoms with van der Waals surface area (Å²) in [5.74, 6) is 0. The molecule has 3 aromatic heterocycles. The minimum absolute atomic E-state index is 0.00153. The third kappa shape index (κ3) is 8.11. The number of thiophene rings is 1. The molecule has 72 heavy (non-hydrogen) atoms. The molecule has 0 N–H and O–H groups in total. The van der Waals surface area contributed by atoms with Gasteiger partial charge in [-0.25, -0.2) is 0 Å². The van der Waals surface area contributed by atoms with Gasteiger partial charge in [-0.15, -0.1) is 11.3 Å². The lowest BCUT2D eigenvalue weighted by molar-refractivity contribution is 0.590. The molecular weight excluding hydrogens is 891 g/mol. The zero-order valence-electron chi connectivity index (χ0n) is 45.3. The zero-order valence-corrected chi connectivity index (χ0v) is 46.1. The van der Waals surface area contributed by atoms with Crippen LogP contribution in [0.2, 0.25) is 0 Å². The highest BCUT2D eigenvalue weighted by Crippen LogP contribution is 2.52. The molecule has 0 aliphatic carbocycles. The van der Waals surface area contributed by atoms with E-state index in [1.165, 1.54) is 91.8 Å². The van der Waals surface area contributed by atoms with Gasteiger partial charge >= 0.3 is 0 Å². The largest absolute Gasteiger partial charge is 0.310 e. The normalized spacial score (nSPS) is 13.2. The minimum Gasteiger partial charge on any atom is -0.310 e. The van der Waals surface area contributed by atoms with Crippen molar-refractivity contribution in [1.82, 2.24) is 4.40 Å². The average molecular weight is 962 g/mol. The lowest BCUT2D eigenvalue weighted by Crippen LogP contribution is -2.14. The van der Waals surface area contributed by atoms with Crippen LogP contribution in [0.25, 0.3) is 58.3 Å². The first-order chi connectivity index (χ1) is 33.8. The lowest BCUT2D eigenvalue weighted by atomic mass is 9.86. The fraction of sp³-hybridized carbons (Fsp3) is 0.294. The Bertz CT molecular complexity index is 3720. The Morgan fingerprint density at radius 1 is 0.333 bits per heavy atom. The molecule has 0 radical (unpaired) electrons. The van der Waals surface area contributed by atoms with Gasteiger partial charge in [0.25, 0.3) is 0 Å². The molecule has 0 aliphatic rings. The maximum absolute atomic E-state index is 2.63. The van der Waals surface area contributed by atoms with Crippen LogP contribution in [-0.4, -0.2) is 4.40 Å². The monoisotopic (exact) mass is 962 g/mol. The molecule has 11 aromatic rings. The second kappa shape index (κ2) is 16.5. The van der Waals surface area contributed by atoms with Crippen LogP contribution < -0.4 is 9.80 Å². The van der Waals surface area contributed by atoms with Gasteiger partial charge in [-0.05, 0) is 157 Å². The quantitative estimate of drug-likeness (QED) is 0.164. The second-order valence-corrected chi connectivity index (χ2v) is 26.7. The fourth-order valence-corrected chi connectivity index (χ4v) is 12.1. The average Bonchev–Trinajstić information content (AvgIpc) is 3.96. The Labute approximate surface area is 432 Å². The van der Waals surface area contributed by atoms with Gasteiger partial charge in [0.2, 0.25) is 0 Å². The van der Waals surface area contributed by atoms with Crippen molar-refractivity contribution < 1.29 is 0 Å². The van der Waals surface area contributed by atoms with Gasteiger partial charge in [0.15, 0.2) is 0 Å². The molecule has 0 unspecified atom stereocenters. The van der Waals surface area contributed by atoms with Gasteiger partial charge in [0, 0.05) is 54.7 Å². The number of rotatable bonds is 6. The summed E-state index contributed by atoms with van der Waals surface area (Å²) in [4.78, 5) is 4.94. The maximum atomic E-state index is 2.63. The highest BCUT2D eigenvalue weighted by atomic mass is 32.1. The van der Waals surface area contributed by atoms with Crippen molar-refractivity contribution in [2.75, 3.05) is 9.80 Å². The minimum atomic E-state index is 0.00153. The van der Waals surface area contributed by atoms with Gasteiger partial charge in [-0.1, -0.05) is 171 Å². The van der Waals surface area contributed by atoms with Crippen LogP contribution in [0.4, 0.5) is 34.1 Å². The van der Waals surface area contributed by atoms with Crippen LogP contribution in [-0.2, 0) is 27.1 Å². The highest BCUT2D eigenvalue weighted by molar-refractivity contribution is 7.26. The smallest absolute Gasteiger partial charge is 0.0729 e. The Hall–Kier alpha value is -6.62. The molecular formula is C68H71N3S. The number of benzene rings is 8. The first kappa shape index (κ1) is 47.7. The molecule has 0 spiro atoms. The predicted molar refractivity (Wildman–Crippen MR) is 317 cm³/mol. The molecule has 0 amide bonds. The third-order valence-corrected chi connectivity index (χ3v) is 16.5. The highest BCUT2D eigenvalue weighted by Gasteiger charge is 2.29. The molecule has 0 atom stereocenters. The van der Waals surface area contributed by atoms with Crippen LogP contribution in [0.3, 0.4) is 0 Å². The third-order valence-electron chi connectivity index (χ3n) is 15.3. The SMILES string of the molecule is CC(C)(C)c1ccc(N(c2ccc(C(C)(C)C)cc2)c2ccc3cc4c5ccc(N(c6ccc(C(C)(C)C)cc6)c6ccc(C(C)(C)C)cc6)c6c7sc8ccc(C(C)(C)C)cc8c7n(c4cc3c2)c56)cc1. The molecule has 364 valence electrons. The first-order valence-corrected chi connectivity index (χ1v) is 26.8. The van der Waals surface area contributed by atoms with E-state index in [2.05, 4.69) is 276 Å². The second-order valence-electron chi connectivity index (χ2n) is 25.7. The molecule has 11 rings (SSSR count). The van der Waals surface area contributed by atoms with Crippen LogP contribution >= 0.6 is 11.3 Å². The van der Waals surface area contributed by atoms with Crippen LogP contribution in [0.15, 0.2) is 158 Å². The number of hydrogen-bond donors (Lipinski definition) is 0. The summed E-state index contributed by atoms with van der Waals surface area (Å²) in [7, 11) is 0. The molecule has 4 heteroatoms. The van der Waals surface area contributed by atoms with Crippen molar-refractivity contribution in [3.05, 3.63) is 186 Å². The Morgan fingerprint density at radius 2 is 0.764 bits per heavy atom. The number of anilines is 6. The van der Waals surface area contributed by atoms with Crippen LogP contribution in [0.5, 0.6) is 0 Å². The van der Waals surface area contributed by atoms with Crippen molar-refractivity contribution in [3.63, 3.8) is 0 Å². The molecule has 0 aliphatic heterocycles. The predicted octanol–water partition coefficient (Wildman–Crippen LogP) is 20.6. The van der Waals surface area contributed by atoms with Crippen molar-refractivity contribution >= 4 is 104 Å². The summed E-state index contributed by atoms with van der Waals surface area (Å²) in [6, 6.07) is 60.9. The van der Waals surface area contributed by atoms with Gasteiger partial charge in [0.05, 0.1) is 26.9 Å². The van der Waals surface area contributed by atoms with Crippen molar-refractivity contribution in [3.8, 4) is 0 Å². The Balaban J connectivity index is 1.18. The lowest BCUT2D eigenvalue weighted by Gasteiger charge is -2.28. The molecule has 0 saturated heterocycles. The zero-order chi connectivity index (χ0) is 51.0. The van der Waals surface area contributed by atoms with E-state index in [4.69, 9.17) is 0 Å². The van der Waals surface area contributed by atoms with Crippen molar-refractivity contribution in [1.29, 1.82) is 0 Å². The van der Waals surface area contributed by atoms with Crippen molar-refractivity contribution in [2.24, 2.45) is 0 Å². The summed E-state index contributed by atoms with van der Waals surface area (Å²) < 4.78 is 5.27. The molecule has 0 saturated carbocycles. The standard InChI is InChI=1S/C68H71N3S/c1-64(2,3)44-17-27-49(28-18-44)69(50-29-19-45(20-30-50)65(4,5)6)53-26-16-42-39-55-54-35-36-57(70(51-31-21-46(22-32-51)66(7,8)9)52-33-23-47(24-34-52)67(10,11)12)60-61(54)71(58(55)40-43(42)38-53)62-56-41-48(68(13,14)15)25-37-59(56)72-63(60)62/h16-41H,1-15H3. The fourth-order valence-electron chi connectivity index (χ4n) is 10.9. The van der Waals surface area contributed by atoms with Gasteiger partial charge < -0.3 is 14.2 Å². The summed E-state index contributed by atoms with van der Waals surface area (Å²) in [5.41, 5.74) is 17.6. The Kier molecular flexibility index (Phi) is 10.9.